The highest BCUT2D eigenvalue weighted by atomic mass is 32.2. The lowest BCUT2D eigenvalue weighted by molar-refractivity contribution is 0.672. The summed E-state index contributed by atoms with van der Waals surface area (Å²) in [6, 6.07) is 1.81. The minimum absolute atomic E-state index is 0.603. The molecule has 2 rings (SSSR count). The molecule has 0 spiro atoms. The zero-order valence-corrected chi connectivity index (χ0v) is 11.2. The standard InChI is InChI=1S/C9H15N5OS2/c1-16-9-11-7(13-10)6-8(12-9)14-2-4-17(15)5-3-14/h6H,2-5,10H2,1H3,(H,11,12,13). The van der Waals surface area contributed by atoms with Crippen molar-refractivity contribution < 1.29 is 4.21 Å². The van der Waals surface area contributed by atoms with Gasteiger partial charge in [-0.05, 0) is 6.26 Å². The van der Waals surface area contributed by atoms with Crippen molar-refractivity contribution in [3.8, 4) is 0 Å². The van der Waals surface area contributed by atoms with Crippen LogP contribution in [-0.4, -0.2) is 45.0 Å². The lowest BCUT2D eigenvalue weighted by atomic mass is 10.4. The Morgan fingerprint density at radius 2 is 2.18 bits per heavy atom. The van der Waals surface area contributed by atoms with Gasteiger partial charge in [0.05, 0.1) is 0 Å². The van der Waals surface area contributed by atoms with E-state index in [0.717, 1.165) is 18.9 Å². The van der Waals surface area contributed by atoms with E-state index in [9.17, 15) is 4.21 Å². The third-order valence-corrected chi connectivity index (χ3v) is 4.35. The van der Waals surface area contributed by atoms with E-state index < -0.39 is 10.8 Å². The Balaban J connectivity index is 2.22. The van der Waals surface area contributed by atoms with Crippen LogP contribution < -0.4 is 16.2 Å². The molecule has 1 saturated heterocycles. The monoisotopic (exact) mass is 273 g/mol. The zero-order chi connectivity index (χ0) is 12.3. The molecule has 0 aromatic carbocycles. The SMILES string of the molecule is CSc1nc(NN)cc(N2CCS(=O)CC2)n1. The van der Waals surface area contributed by atoms with Crippen molar-refractivity contribution in [2.75, 3.05) is 41.2 Å². The molecule has 3 N–H and O–H groups in total. The van der Waals surface area contributed by atoms with Gasteiger partial charge in [-0.1, -0.05) is 11.8 Å². The van der Waals surface area contributed by atoms with Crippen LogP contribution in [-0.2, 0) is 10.8 Å². The number of hydrogen-bond acceptors (Lipinski definition) is 7. The molecule has 0 bridgehead atoms. The number of nitrogens with one attached hydrogen (secondary N) is 1. The number of rotatable bonds is 3. The van der Waals surface area contributed by atoms with Gasteiger partial charge in [0, 0.05) is 41.5 Å². The normalized spacial score (nSPS) is 17.2. The number of nitrogens with zero attached hydrogens (tertiary/aromatic N) is 3. The molecule has 0 radical (unpaired) electrons. The van der Waals surface area contributed by atoms with Crippen LogP contribution in [0, 0.1) is 0 Å². The van der Waals surface area contributed by atoms with E-state index in [0.29, 0.717) is 22.5 Å². The van der Waals surface area contributed by atoms with Crippen LogP contribution in [0.15, 0.2) is 11.2 Å². The lowest BCUT2D eigenvalue weighted by Crippen LogP contribution is -2.38. The minimum Gasteiger partial charge on any atom is -0.355 e. The van der Waals surface area contributed by atoms with E-state index in [2.05, 4.69) is 20.3 Å². The first-order valence-corrected chi connectivity index (χ1v) is 7.94. The fourth-order valence-corrected chi connectivity index (χ4v) is 3.03. The topological polar surface area (TPSA) is 84.1 Å². The molecule has 1 aromatic heterocycles. The van der Waals surface area contributed by atoms with Gasteiger partial charge in [-0.25, -0.2) is 15.8 Å². The highest BCUT2D eigenvalue weighted by Gasteiger charge is 2.17. The van der Waals surface area contributed by atoms with Crippen LogP contribution >= 0.6 is 11.8 Å². The quantitative estimate of drug-likeness (QED) is 0.348. The molecule has 94 valence electrons. The van der Waals surface area contributed by atoms with Crippen molar-refractivity contribution in [1.29, 1.82) is 0 Å². The van der Waals surface area contributed by atoms with Crippen LogP contribution in [0.4, 0.5) is 11.6 Å². The van der Waals surface area contributed by atoms with Gasteiger partial charge >= 0.3 is 0 Å². The van der Waals surface area contributed by atoms with Crippen molar-refractivity contribution in [2.45, 2.75) is 5.16 Å². The largest absolute Gasteiger partial charge is 0.355 e. The van der Waals surface area contributed by atoms with Crippen molar-refractivity contribution in [3.05, 3.63) is 6.07 Å². The number of hydrogen-bond donors (Lipinski definition) is 2. The molecule has 0 unspecified atom stereocenters. The van der Waals surface area contributed by atoms with Gasteiger partial charge in [0.1, 0.15) is 11.6 Å². The Morgan fingerprint density at radius 1 is 1.47 bits per heavy atom. The summed E-state index contributed by atoms with van der Waals surface area (Å²) in [5, 5.41) is 0.683. The highest BCUT2D eigenvalue weighted by Crippen LogP contribution is 2.20. The number of anilines is 2. The molecule has 1 aromatic rings. The Morgan fingerprint density at radius 3 is 2.76 bits per heavy atom. The Hall–Kier alpha value is -0.860. The van der Waals surface area contributed by atoms with Crippen LogP contribution in [0.2, 0.25) is 0 Å². The second-order valence-electron chi connectivity index (χ2n) is 3.58. The predicted molar refractivity (Wildman–Crippen MR) is 71.7 cm³/mol. The van der Waals surface area contributed by atoms with Crippen molar-refractivity contribution in [3.63, 3.8) is 0 Å². The fourth-order valence-electron chi connectivity index (χ4n) is 1.61. The third-order valence-electron chi connectivity index (χ3n) is 2.52. The molecule has 17 heavy (non-hydrogen) atoms. The van der Waals surface area contributed by atoms with Crippen LogP contribution in [0.3, 0.4) is 0 Å². The average Bonchev–Trinajstić information content (AvgIpc) is 2.39. The first kappa shape index (κ1) is 12.6. The van der Waals surface area contributed by atoms with Gasteiger partial charge in [0.25, 0.3) is 0 Å². The fraction of sp³-hybridized carbons (Fsp3) is 0.556. The highest BCUT2D eigenvalue weighted by molar-refractivity contribution is 7.98. The van der Waals surface area contributed by atoms with Gasteiger partial charge in [0.15, 0.2) is 5.16 Å². The zero-order valence-electron chi connectivity index (χ0n) is 9.55. The molecular formula is C9H15N5OS2. The maximum absolute atomic E-state index is 11.3. The molecule has 1 aliphatic rings. The molecule has 0 atom stereocenters. The van der Waals surface area contributed by atoms with Crippen LogP contribution in [0.5, 0.6) is 0 Å². The summed E-state index contributed by atoms with van der Waals surface area (Å²) in [7, 11) is -0.680. The van der Waals surface area contributed by atoms with Gasteiger partial charge in [-0.2, -0.15) is 0 Å². The van der Waals surface area contributed by atoms with E-state index in [1.165, 1.54) is 11.8 Å². The van der Waals surface area contributed by atoms with E-state index in [1.54, 1.807) is 0 Å². The maximum Gasteiger partial charge on any atom is 0.191 e. The number of hydrazine groups is 1. The third kappa shape index (κ3) is 3.08. The molecular weight excluding hydrogens is 258 g/mol. The molecule has 8 heteroatoms. The summed E-state index contributed by atoms with van der Waals surface area (Å²) in [4.78, 5) is 10.8. The maximum atomic E-state index is 11.3. The summed E-state index contributed by atoms with van der Waals surface area (Å²) in [6.45, 7) is 1.53. The smallest absolute Gasteiger partial charge is 0.191 e. The van der Waals surface area contributed by atoms with Crippen molar-refractivity contribution >= 4 is 34.2 Å². The molecule has 1 aliphatic heterocycles. The number of nitrogen functional groups attached to an aromatic ring is 1. The van der Waals surface area contributed by atoms with E-state index >= 15 is 0 Å². The van der Waals surface area contributed by atoms with Gasteiger partial charge < -0.3 is 10.3 Å². The van der Waals surface area contributed by atoms with Crippen molar-refractivity contribution in [2.24, 2.45) is 5.84 Å². The van der Waals surface area contributed by atoms with Crippen molar-refractivity contribution in [1.82, 2.24) is 9.97 Å². The summed E-state index contributed by atoms with van der Waals surface area (Å²) >= 11 is 1.47. The second-order valence-corrected chi connectivity index (χ2v) is 6.05. The Bertz CT molecular complexity index is 396. The average molecular weight is 273 g/mol. The first-order chi connectivity index (χ1) is 8.22. The summed E-state index contributed by atoms with van der Waals surface area (Å²) in [5.41, 5.74) is 2.54. The summed E-state index contributed by atoms with van der Waals surface area (Å²) < 4.78 is 11.3. The lowest BCUT2D eigenvalue weighted by Gasteiger charge is -2.27. The molecule has 2 heterocycles. The van der Waals surface area contributed by atoms with Gasteiger partial charge in [0.2, 0.25) is 0 Å². The summed E-state index contributed by atoms with van der Waals surface area (Å²) in [6.07, 6.45) is 1.92. The second kappa shape index (κ2) is 5.65. The van der Waals surface area contributed by atoms with E-state index in [4.69, 9.17) is 5.84 Å². The molecule has 1 fully saturated rings. The van der Waals surface area contributed by atoms with E-state index in [1.807, 2.05) is 12.3 Å². The summed E-state index contributed by atoms with van der Waals surface area (Å²) in [5.74, 6) is 8.22. The molecule has 0 aliphatic carbocycles. The number of nitrogens with two attached hydrogens (primary N) is 1. The Labute approximate surface area is 107 Å². The number of thioether (sulfide) groups is 1. The van der Waals surface area contributed by atoms with Gasteiger partial charge in [-0.15, -0.1) is 0 Å². The van der Waals surface area contributed by atoms with E-state index in [-0.39, 0.29) is 0 Å². The molecule has 0 amide bonds. The Kier molecular flexibility index (Phi) is 4.19. The molecule has 0 saturated carbocycles. The van der Waals surface area contributed by atoms with Crippen LogP contribution in [0.25, 0.3) is 0 Å². The predicted octanol–water partition coefficient (Wildman–Crippen LogP) is 0.0528. The molecule has 6 nitrogen and oxygen atoms in total. The first-order valence-electron chi connectivity index (χ1n) is 5.22. The van der Waals surface area contributed by atoms with Gasteiger partial charge in [-0.3, -0.25) is 4.21 Å². The minimum atomic E-state index is -0.680. The number of aromatic nitrogens is 2. The van der Waals surface area contributed by atoms with Crippen LogP contribution in [0.1, 0.15) is 0 Å².